The van der Waals surface area contributed by atoms with Gasteiger partial charge in [-0.2, -0.15) is 0 Å². The largest absolute Gasteiger partial charge is 0.386 e. The molecule has 0 saturated carbocycles. The van der Waals surface area contributed by atoms with Crippen LogP contribution in [-0.2, 0) is 17.8 Å². The van der Waals surface area contributed by atoms with Gasteiger partial charge < -0.3 is 20.6 Å². The smallest absolute Gasteiger partial charge is 0.244 e. The van der Waals surface area contributed by atoms with Crippen LogP contribution in [0, 0.1) is 0 Å². The van der Waals surface area contributed by atoms with Crippen LogP contribution in [-0.4, -0.2) is 48.1 Å². The summed E-state index contributed by atoms with van der Waals surface area (Å²) in [5.74, 6) is 0.507. The zero-order valence-corrected chi connectivity index (χ0v) is 17.4. The zero-order valence-electron chi connectivity index (χ0n) is 15.8. The lowest BCUT2D eigenvalue weighted by Crippen LogP contribution is -2.41. The second-order valence-electron chi connectivity index (χ2n) is 6.57. The summed E-state index contributed by atoms with van der Waals surface area (Å²) in [6.45, 7) is 4.32. The first-order valence-corrected chi connectivity index (χ1v) is 10.6. The van der Waals surface area contributed by atoms with Crippen molar-refractivity contribution in [2.75, 3.05) is 26.2 Å². The Morgan fingerprint density at radius 1 is 1.29 bits per heavy atom. The molecule has 0 bridgehead atoms. The van der Waals surface area contributed by atoms with Gasteiger partial charge in [-0.25, -0.2) is 4.99 Å². The molecule has 0 saturated heterocycles. The number of carbonyl (C=O) groups is 1. The van der Waals surface area contributed by atoms with Gasteiger partial charge in [0.15, 0.2) is 5.96 Å². The Morgan fingerprint density at radius 3 is 2.79 bits per heavy atom. The molecule has 28 heavy (non-hydrogen) atoms. The van der Waals surface area contributed by atoms with Crippen LogP contribution in [0.3, 0.4) is 0 Å². The van der Waals surface area contributed by atoms with Gasteiger partial charge in [0, 0.05) is 31.1 Å². The minimum atomic E-state index is -0.685. The Hall–Kier alpha value is -2.09. The first-order chi connectivity index (χ1) is 13.6. The van der Waals surface area contributed by atoms with Gasteiger partial charge in [-0.05, 0) is 36.6 Å². The minimum Gasteiger partial charge on any atom is -0.386 e. The van der Waals surface area contributed by atoms with E-state index in [1.807, 2.05) is 24.0 Å². The summed E-state index contributed by atoms with van der Waals surface area (Å²) in [4.78, 5) is 19.6. The van der Waals surface area contributed by atoms with Gasteiger partial charge in [-0.3, -0.25) is 4.79 Å². The molecule has 2 aromatic rings. The van der Waals surface area contributed by atoms with E-state index in [4.69, 9.17) is 11.6 Å². The average Bonchev–Trinajstić information content (AvgIpc) is 3.15. The number of hydrogen-bond donors (Lipinski definition) is 3. The van der Waals surface area contributed by atoms with Crippen molar-refractivity contribution in [3.8, 4) is 0 Å². The van der Waals surface area contributed by atoms with Crippen molar-refractivity contribution in [3.63, 3.8) is 0 Å². The molecule has 0 aliphatic carbocycles. The molecule has 8 heteroatoms. The van der Waals surface area contributed by atoms with Crippen molar-refractivity contribution in [2.45, 2.75) is 26.0 Å². The number of nitrogens with one attached hydrogen (secondary N) is 2. The highest BCUT2D eigenvalue weighted by Crippen LogP contribution is 2.26. The highest BCUT2D eigenvalue weighted by Gasteiger charge is 2.20. The lowest BCUT2D eigenvalue weighted by molar-refractivity contribution is -0.130. The van der Waals surface area contributed by atoms with E-state index in [1.165, 1.54) is 22.5 Å². The van der Waals surface area contributed by atoms with Gasteiger partial charge in [-0.1, -0.05) is 35.9 Å². The van der Waals surface area contributed by atoms with E-state index >= 15 is 0 Å². The molecule has 1 aliphatic heterocycles. The number of aliphatic hydroxyl groups excluding tert-OH is 1. The number of hydrogen-bond acceptors (Lipinski definition) is 4. The van der Waals surface area contributed by atoms with Crippen molar-refractivity contribution in [1.82, 2.24) is 15.5 Å². The first kappa shape index (κ1) is 20.6. The monoisotopic (exact) mass is 420 g/mol. The fourth-order valence-corrected chi connectivity index (χ4v) is 4.15. The molecule has 3 rings (SSSR count). The summed E-state index contributed by atoms with van der Waals surface area (Å²) in [6, 6.07) is 11.8. The molecular weight excluding hydrogens is 396 g/mol. The Morgan fingerprint density at radius 2 is 2.07 bits per heavy atom. The summed E-state index contributed by atoms with van der Waals surface area (Å²) >= 11 is 7.26. The first-order valence-electron chi connectivity index (χ1n) is 9.37. The van der Waals surface area contributed by atoms with E-state index in [0.29, 0.717) is 29.9 Å². The van der Waals surface area contributed by atoms with Crippen molar-refractivity contribution < 1.29 is 9.90 Å². The van der Waals surface area contributed by atoms with Crippen LogP contribution in [0.5, 0.6) is 0 Å². The van der Waals surface area contributed by atoms with E-state index in [9.17, 15) is 9.90 Å². The number of fused-ring (bicyclic) bond motifs is 1. The number of nitrogens with zero attached hydrogens (tertiary/aromatic N) is 2. The minimum absolute atomic E-state index is 0.00251. The SMILES string of the molecule is CCNC(=NCC(=O)N1CCc2ccccc2C1)NCC(O)c1ccc(Cl)s1. The Bertz CT molecular complexity index is 839. The van der Waals surface area contributed by atoms with E-state index in [0.717, 1.165) is 11.3 Å². The third kappa shape index (κ3) is 5.47. The van der Waals surface area contributed by atoms with Gasteiger partial charge in [-0.15, -0.1) is 11.3 Å². The molecule has 1 aromatic carbocycles. The normalized spacial score (nSPS) is 15.1. The Balaban J connectivity index is 1.54. The van der Waals surface area contributed by atoms with Crippen LogP contribution in [0.15, 0.2) is 41.4 Å². The van der Waals surface area contributed by atoms with Crippen LogP contribution in [0.4, 0.5) is 0 Å². The molecule has 6 nitrogen and oxygen atoms in total. The molecule has 0 spiro atoms. The van der Waals surface area contributed by atoms with Gasteiger partial charge in [0.2, 0.25) is 5.91 Å². The van der Waals surface area contributed by atoms with Crippen molar-refractivity contribution in [2.24, 2.45) is 4.99 Å². The van der Waals surface area contributed by atoms with Gasteiger partial charge in [0.05, 0.1) is 4.34 Å². The number of guanidine groups is 1. The fourth-order valence-electron chi connectivity index (χ4n) is 3.10. The van der Waals surface area contributed by atoms with Gasteiger partial charge in [0.25, 0.3) is 0 Å². The fraction of sp³-hybridized carbons (Fsp3) is 0.400. The van der Waals surface area contributed by atoms with Crippen molar-refractivity contribution in [1.29, 1.82) is 0 Å². The third-order valence-electron chi connectivity index (χ3n) is 4.59. The number of thiophene rings is 1. The number of rotatable bonds is 6. The number of amides is 1. The lowest BCUT2D eigenvalue weighted by Gasteiger charge is -2.28. The molecule has 1 atom stereocenters. The molecule has 3 N–H and O–H groups in total. The van der Waals surface area contributed by atoms with E-state index in [-0.39, 0.29) is 19.0 Å². The van der Waals surface area contributed by atoms with Crippen LogP contribution in [0.2, 0.25) is 4.34 Å². The summed E-state index contributed by atoms with van der Waals surface area (Å²) in [5.41, 5.74) is 2.52. The van der Waals surface area contributed by atoms with E-state index in [2.05, 4.69) is 27.8 Å². The number of carbonyl (C=O) groups excluding carboxylic acids is 1. The Labute approximate surface area is 174 Å². The molecule has 1 aliphatic rings. The van der Waals surface area contributed by atoms with Crippen LogP contribution >= 0.6 is 22.9 Å². The summed E-state index contributed by atoms with van der Waals surface area (Å²) in [5, 5.41) is 16.4. The maximum atomic E-state index is 12.6. The van der Waals surface area contributed by atoms with Gasteiger partial charge in [0.1, 0.15) is 12.6 Å². The number of aliphatic imine (C=N–C) groups is 1. The Kier molecular flexibility index (Phi) is 7.30. The standard InChI is InChI=1S/C20H25ClN4O2S/c1-2-22-20(23-11-16(26)17-7-8-18(21)28-17)24-12-19(27)25-10-9-14-5-3-4-6-15(14)13-25/h3-8,16,26H,2,9-13H2,1H3,(H2,22,23,24). The van der Waals surface area contributed by atoms with Crippen molar-refractivity contribution >= 4 is 34.8 Å². The molecule has 1 aromatic heterocycles. The number of aliphatic hydroxyl groups is 1. The third-order valence-corrected chi connectivity index (χ3v) is 5.92. The topological polar surface area (TPSA) is 77.0 Å². The second-order valence-corrected chi connectivity index (χ2v) is 8.31. The molecule has 1 unspecified atom stereocenters. The molecular formula is C20H25ClN4O2S. The van der Waals surface area contributed by atoms with Gasteiger partial charge >= 0.3 is 0 Å². The number of benzene rings is 1. The highest BCUT2D eigenvalue weighted by molar-refractivity contribution is 7.16. The van der Waals surface area contributed by atoms with E-state index in [1.54, 1.807) is 12.1 Å². The van der Waals surface area contributed by atoms with Crippen LogP contribution in [0.25, 0.3) is 0 Å². The number of halogens is 1. The van der Waals surface area contributed by atoms with E-state index < -0.39 is 6.10 Å². The maximum Gasteiger partial charge on any atom is 0.244 e. The molecule has 1 amide bonds. The molecule has 0 radical (unpaired) electrons. The zero-order chi connectivity index (χ0) is 19.9. The predicted octanol–water partition coefficient (Wildman–Crippen LogP) is 2.57. The molecule has 150 valence electrons. The summed E-state index contributed by atoms with van der Waals surface area (Å²) in [6.07, 6.45) is 0.190. The predicted molar refractivity (Wildman–Crippen MR) is 114 cm³/mol. The highest BCUT2D eigenvalue weighted by atomic mass is 35.5. The quantitative estimate of drug-likeness (QED) is 0.496. The lowest BCUT2D eigenvalue weighted by atomic mass is 10.00. The maximum absolute atomic E-state index is 12.6. The average molecular weight is 421 g/mol. The molecule has 2 heterocycles. The summed E-state index contributed by atoms with van der Waals surface area (Å²) in [7, 11) is 0. The summed E-state index contributed by atoms with van der Waals surface area (Å²) < 4.78 is 0.642. The molecule has 0 fully saturated rings. The van der Waals surface area contributed by atoms with Crippen molar-refractivity contribution in [3.05, 3.63) is 56.7 Å². The second kappa shape index (κ2) is 9.91. The van der Waals surface area contributed by atoms with Crippen LogP contribution in [0.1, 0.15) is 29.0 Å². The van der Waals surface area contributed by atoms with Crippen LogP contribution < -0.4 is 10.6 Å².